The molecule has 1 heterocycles. The minimum Gasteiger partial charge on any atom is -0.339 e. The molecule has 0 saturated heterocycles. The zero-order chi connectivity index (χ0) is 11.0. The van der Waals surface area contributed by atoms with Crippen molar-refractivity contribution in [1.29, 1.82) is 0 Å². The Morgan fingerprint density at radius 2 is 1.75 bits per heavy atom. The summed E-state index contributed by atoms with van der Waals surface area (Å²) in [5.74, 6) is 3.61. The lowest BCUT2D eigenvalue weighted by Gasteiger charge is -2.24. The predicted octanol–water partition coefficient (Wildman–Crippen LogP) is 2.18. The van der Waals surface area contributed by atoms with Crippen LogP contribution in [0.3, 0.4) is 0 Å². The molecule has 4 nitrogen and oxygen atoms in total. The van der Waals surface area contributed by atoms with Gasteiger partial charge in [-0.05, 0) is 51.0 Å². The molecule has 3 rings (SSSR count). The van der Waals surface area contributed by atoms with Crippen LogP contribution >= 0.6 is 0 Å². The van der Waals surface area contributed by atoms with Gasteiger partial charge in [-0.15, -0.1) is 0 Å². The molecule has 0 radical (unpaired) electrons. The third kappa shape index (κ3) is 1.98. The molecule has 2 saturated carbocycles. The van der Waals surface area contributed by atoms with Gasteiger partial charge in [0.2, 0.25) is 5.89 Å². The van der Waals surface area contributed by atoms with Crippen molar-refractivity contribution in [2.75, 3.05) is 6.54 Å². The summed E-state index contributed by atoms with van der Waals surface area (Å²) in [6, 6.07) is 0. The van der Waals surface area contributed by atoms with Crippen LogP contribution in [0.1, 0.15) is 62.1 Å². The topological polar surface area (TPSA) is 64.9 Å². The van der Waals surface area contributed by atoms with Crippen LogP contribution in [0.25, 0.3) is 0 Å². The highest BCUT2D eigenvalue weighted by Gasteiger charge is 2.31. The van der Waals surface area contributed by atoms with E-state index in [0.29, 0.717) is 17.8 Å². The van der Waals surface area contributed by atoms with Gasteiger partial charge in [-0.25, -0.2) is 0 Å². The Bertz CT molecular complexity index is 351. The smallest absolute Gasteiger partial charge is 0.229 e. The third-order valence-electron chi connectivity index (χ3n) is 3.93. The molecular weight excluding hydrogens is 202 g/mol. The molecule has 16 heavy (non-hydrogen) atoms. The fourth-order valence-electron chi connectivity index (χ4n) is 2.57. The highest BCUT2D eigenvalue weighted by molar-refractivity contribution is 5.05. The quantitative estimate of drug-likeness (QED) is 0.849. The number of hydrogen-bond acceptors (Lipinski definition) is 4. The van der Waals surface area contributed by atoms with E-state index >= 15 is 0 Å². The largest absolute Gasteiger partial charge is 0.339 e. The molecule has 0 unspecified atom stereocenters. The standard InChI is InChI=1S/C12H19N3O/c13-7-8-1-3-10(4-2-8)12-14-11(15-16-12)9-5-6-9/h8-10H,1-7,13H2. The lowest BCUT2D eigenvalue weighted by Crippen LogP contribution is -2.20. The SMILES string of the molecule is NCC1CCC(c2nc(C3CC3)no2)CC1. The van der Waals surface area contributed by atoms with Crippen LogP contribution < -0.4 is 5.73 Å². The van der Waals surface area contributed by atoms with Gasteiger partial charge in [-0.2, -0.15) is 4.98 Å². The van der Waals surface area contributed by atoms with Crippen LogP contribution in [0.15, 0.2) is 4.52 Å². The molecule has 0 bridgehead atoms. The van der Waals surface area contributed by atoms with E-state index in [9.17, 15) is 0 Å². The van der Waals surface area contributed by atoms with E-state index < -0.39 is 0 Å². The molecule has 2 aliphatic rings. The van der Waals surface area contributed by atoms with E-state index in [2.05, 4.69) is 10.1 Å². The van der Waals surface area contributed by atoms with Gasteiger partial charge in [0.1, 0.15) is 0 Å². The van der Waals surface area contributed by atoms with Gasteiger partial charge in [0, 0.05) is 11.8 Å². The lowest BCUT2D eigenvalue weighted by molar-refractivity contribution is 0.274. The Labute approximate surface area is 95.6 Å². The van der Waals surface area contributed by atoms with Gasteiger partial charge in [0.15, 0.2) is 5.82 Å². The van der Waals surface area contributed by atoms with E-state index in [1.165, 1.54) is 25.7 Å². The fourth-order valence-corrected chi connectivity index (χ4v) is 2.57. The van der Waals surface area contributed by atoms with Crippen molar-refractivity contribution in [3.8, 4) is 0 Å². The first-order chi connectivity index (χ1) is 7.86. The summed E-state index contributed by atoms with van der Waals surface area (Å²) in [6.45, 7) is 0.823. The maximum atomic E-state index is 5.69. The van der Waals surface area contributed by atoms with Crippen molar-refractivity contribution < 1.29 is 4.52 Å². The van der Waals surface area contributed by atoms with E-state index in [1.807, 2.05) is 0 Å². The first kappa shape index (κ1) is 10.3. The maximum absolute atomic E-state index is 5.69. The van der Waals surface area contributed by atoms with Crippen LogP contribution in [0.2, 0.25) is 0 Å². The first-order valence-corrected chi connectivity index (χ1v) is 6.40. The highest BCUT2D eigenvalue weighted by Crippen LogP contribution is 2.40. The second-order valence-corrected chi connectivity index (χ2v) is 5.22. The molecule has 0 atom stereocenters. The van der Waals surface area contributed by atoms with E-state index in [-0.39, 0.29) is 0 Å². The summed E-state index contributed by atoms with van der Waals surface area (Å²) >= 11 is 0. The first-order valence-electron chi connectivity index (χ1n) is 6.40. The Morgan fingerprint density at radius 3 is 2.38 bits per heavy atom. The van der Waals surface area contributed by atoms with Gasteiger partial charge < -0.3 is 10.3 Å². The minimum atomic E-state index is 0.489. The summed E-state index contributed by atoms with van der Waals surface area (Å²) in [5, 5.41) is 4.08. The molecule has 1 aromatic rings. The third-order valence-corrected chi connectivity index (χ3v) is 3.93. The molecular formula is C12H19N3O. The van der Waals surface area contributed by atoms with Crippen molar-refractivity contribution in [3.63, 3.8) is 0 Å². The number of aromatic nitrogens is 2. The number of nitrogens with zero attached hydrogens (tertiary/aromatic N) is 2. The van der Waals surface area contributed by atoms with Gasteiger partial charge in [-0.3, -0.25) is 0 Å². The van der Waals surface area contributed by atoms with Gasteiger partial charge >= 0.3 is 0 Å². The Morgan fingerprint density at radius 1 is 1.06 bits per heavy atom. The summed E-state index contributed by atoms with van der Waals surface area (Å²) < 4.78 is 5.38. The fraction of sp³-hybridized carbons (Fsp3) is 0.833. The van der Waals surface area contributed by atoms with Gasteiger partial charge in [0.25, 0.3) is 0 Å². The Hall–Kier alpha value is -0.900. The van der Waals surface area contributed by atoms with Crippen molar-refractivity contribution in [1.82, 2.24) is 10.1 Å². The maximum Gasteiger partial charge on any atom is 0.229 e. The molecule has 2 aliphatic carbocycles. The van der Waals surface area contributed by atoms with Crippen LogP contribution in [-0.2, 0) is 0 Å². The summed E-state index contributed by atoms with van der Waals surface area (Å²) in [4.78, 5) is 4.54. The summed E-state index contributed by atoms with van der Waals surface area (Å²) in [5.41, 5.74) is 5.69. The molecule has 0 aliphatic heterocycles. The molecule has 2 fully saturated rings. The van der Waals surface area contributed by atoms with Gasteiger partial charge in [-0.1, -0.05) is 5.16 Å². The number of nitrogens with two attached hydrogens (primary N) is 1. The van der Waals surface area contributed by atoms with Crippen LogP contribution in [-0.4, -0.2) is 16.7 Å². The Kier molecular flexibility index (Phi) is 2.67. The molecule has 0 amide bonds. The second-order valence-electron chi connectivity index (χ2n) is 5.22. The van der Waals surface area contributed by atoms with Crippen molar-refractivity contribution in [2.45, 2.75) is 50.4 Å². The minimum absolute atomic E-state index is 0.489. The molecule has 0 spiro atoms. The van der Waals surface area contributed by atoms with Crippen molar-refractivity contribution in [3.05, 3.63) is 11.7 Å². The highest BCUT2D eigenvalue weighted by atomic mass is 16.5. The predicted molar refractivity (Wildman–Crippen MR) is 60.0 cm³/mol. The monoisotopic (exact) mass is 221 g/mol. The van der Waals surface area contributed by atoms with E-state index in [4.69, 9.17) is 10.3 Å². The van der Waals surface area contributed by atoms with Crippen molar-refractivity contribution in [2.24, 2.45) is 11.7 Å². The van der Waals surface area contributed by atoms with Gasteiger partial charge in [0.05, 0.1) is 0 Å². The zero-order valence-electron chi connectivity index (χ0n) is 9.56. The zero-order valence-corrected chi connectivity index (χ0v) is 9.56. The summed E-state index contributed by atoms with van der Waals surface area (Å²) in [7, 11) is 0. The van der Waals surface area contributed by atoms with E-state index in [0.717, 1.165) is 31.1 Å². The lowest BCUT2D eigenvalue weighted by atomic mass is 9.82. The average Bonchev–Trinajstić information content (AvgIpc) is 3.08. The molecule has 4 heteroatoms. The second kappa shape index (κ2) is 4.17. The molecule has 0 aromatic carbocycles. The van der Waals surface area contributed by atoms with Crippen LogP contribution in [0.4, 0.5) is 0 Å². The average molecular weight is 221 g/mol. The van der Waals surface area contributed by atoms with E-state index in [1.54, 1.807) is 0 Å². The summed E-state index contributed by atoms with van der Waals surface area (Å²) in [6.07, 6.45) is 7.21. The number of hydrogen-bond donors (Lipinski definition) is 1. The molecule has 1 aromatic heterocycles. The Balaban J connectivity index is 1.63. The molecule has 88 valence electrons. The van der Waals surface area contributed by atoms with Crippen molar-refractivity contribution >= 4 is 0 Å². The van der Waals surface area contributed by atoms with Crippen LogP contribution in [0, 0.1) is 5.92 Å². The molecule has 2 N–H and O–H groups in total. The number of rotatable bonds is 3. The normalized spacial score (nSPS) is 30.6. The van der Waals surface area contributed by atoms with Crippen LogP contribution in [0.5, 0.6) is 0 Å².